The van der Waals surface area contributed by atoms with Gasteiger partial charge in [0.05, 0.1) is 0 Å². The largest absolute Gasteiger partial charge is 0.378 e. The van der Waals surface area contributed by atoms with E-state index in [1.165, 1.54) is 11.3 Å². The van der Waals surface area contributed by atoms with Crippen molar-refractivity contribution in [2.45, 2.75) is 25.4 Å². The first kappa shape index (κ1) is 16.3. The van der Waals surface area contributed by atoms with Crippen molar-refractivity contribution >= 4 is 5.69 Å². The van der Waals surface area contributed by atoms with Gasteiger partial charge in [0.1, 0.15) is 0 Å². The van der Waals surface area contributed by atoms with Crippen LogP contribution < -0.4 is 10.6 Å². The Balaban J connectivity index is 2.16. The lowest BCUT2D eigenvalue weighted by Crippen LogP contribution is -2.58. The van der Waals surface area contributed by atoms with E-state index in [9.17, 15) is 0 Å². The Morgan fingerprint density at radius 2 is 1.81 bits per heavy atom. The molecular weight excluding hydrogens is 260 g/mol. The summed E-state index contributed by atoms with van der Waals surface area (Å²) in [6, 6.07) is 9.11. The molecule has 0 bridgehead atoms. The average Bonchev–Trinajstić information content (AvgIpc) is 2.44. The maximum absolute atomic E-state index is 6.09. The SMILES string of the molecule is CN(C)c1ccc(C(CN)N2CCN(C)C(C)(C)C2)cc1. The molecule has 4 heteroatoms. The third kappa shape index (κ3) is 3.57. The summed E-state index contributed by atoms with van der Waals surface area (Å²) in [4.78, 5) is 7.09. The van der Waals surface area contributed by atoms with Crippen molar-refractivity contribution in [3.63, 3.8) is 0 Å². The molecule has 1 aromatic carbocycles. The lowest BCUT2D eigenvalue weighted by Gasteiger charge is -2.48. The molecule has 21 heavy (non-hydrogen) atoms. The molecule has 2 N–H and O–H groups in total. The summed E-state index contributed by atoms with van der Waals surface area (Å²) in [7, 11) is 6.34. The van der Waals surface area contributed by atoms with Crippen LogP contribution in [0.3, 0.4) is 0 Å². The zero-order valence-electron chi connectivity index (χ0n) is 14.1. The van der Waals surface area contributed by atoms with Gasteiger partial charge in [-0.2, -0.15) is 0 Å². The van der Waals surface area contributed by atoms with Gasteiger partial charge in [0.15, 0.2) is 0 Å². The Morgan fingerprint density at radius 1 is 1.19 bits per heavy atom. The van der Waals surface area contributed by atoms with Gasteiger partial charge in [-0.1, -0.05) is 12.1 Å². The maximum Gasteiger partial charge on any atom is 0.0471 e. The Hall–Kier alpha value is -1.10. The third-order valence-electron chi connectivity index (χ3n) is 4.80. The Bertz CT molecular complexity index is 452. The average molecular weight is 290 g/mol. The van der Waals surface area contributed by atoms with E-state index in [0.717, 1.165) is 19.6 Å². The predicted octanol–water partition coefficient (Wildman–Crippen LogP) is 1.78. The fourth-order valence-corrected chi connectivity index (χ4v) is 3.03. The zero-order valence-corrected chi connectivity index (χ0v) is 14.1. The molecule has 0 aliphatic carbocycles. The van der Waals surface area contributed by atoms with E-state index in [-0.39, 0.29) is 5.54 Å². The van der Waals surface area contributed by atoms with Crippen LogP contribution in [-0.2, 0) is 0 Å². The van der Waals surface area contributed by atoms with Crippen molar-refractivity contribution in [2.75, 3.05) is 52.2 Å². The van der Waals surface area contributed by atoms with E-state index in [1.807, 2.05) is 0 Å². The minimum Gasteiger partial charge on any atom is -0.378 e. The Morgan fingerprint density at radius 3 is 2.29 bits per heavy atom. The van der Waals surface area contributed by atoms with Crippen molar-refractivity contribution in [1.82, 2.24) is 9.80 Å². The van der Waals surface area contributed by atoms with Gasteiger partial charge in [0.2, 0.25) is 0 Å². The number of anilines is 1. The summed E-state index contributed by atoms with van der Waals surface area (Å²) in [6.07, 6.45) is 0. The predicted molar refractivity (Wildman–Crippen MR) is 90.8 cm³/mol. The molecule has 1 aliphatic rings. The highest BCUT2D eigenvalue weighted by Gasteiger charge is 2.34. The molecule has 1 aliphatic heterocycles. The van der Waals surface area contributed by atoms with Gasteiger partial charge in [-0.25, -0.2) is 0 Å². The van der Waals surface area contributed by atoms with Gasteiger partial charge in [-0.05, 0) is 38.6 Å². The molecule has 1 unspecified atom stereocenters. The van der Waals surface area contributed by atoms with E-state index in [4.69, 9.17) is 5.73 Å². The summed E-state index contributed by atoms with van der Waals surface area (Å²) in [5, 5.41) is 0. The number of piperazine rings is 1. The maximum atomic E-state index is 6.09. The molecule has 1 fully saturated rings. The number of likely N-dealkylation sites (N-methyl/N-ethyl adjacent to an activating group) is 1. The van der Waals surface area contributed by atoms with Crippen LogP contribution in [0.5, 0.6) is 0 Å². The van der Waals surface area contributed by atoms with Crippen LogP contribution in [0.25, 0.3) is 0 Å². The van der Waals surface area contributed by atoms with Crippen LogP contribution in [0.15, 0.2) is 24.3 Å². The van der Waals surface area contributed by atoms with Crippen LogP contribution >= 0.6 is 0 Å². The monoisotopic (exact) mass is 290 g/mol. The highest BCUT2D eigenvalue weighted by molar-refractivity contribution is 5.46. The van der Waals surface area contributed by atoms with Gasteiger partial charge in [0, 0.05) is 57.5 Å². The van der Waals surface area contributed by atoms with Crippen molar-refractivity contribution in [1.29, 1.82) is 0 Å². The smallest absolute Gasteiger partial charge is 0.0471 e. The van der Waals surface area contributed by atoms with E-state index in [2.05, 4.69) is 74.0 Å². The van der Waals surface area contributed by atoms with E-state index >= 15 is 0 Å². The number of hydrogen-bond acceptors (Lipinski definition) is 4. The number of rotatable bonds is 4. The van der Waals surface area contributed by atoms with Crippen LogP contribution in [0.4, 0.5) is 5.69 Å². The quantitative estimate of drug-likeness (QED) is 0.917. The molecule has 0 saturated carbocycles. The van der Waals surface area contributed by atoms with Gasteiger partial charge in [0.25, 0.3) is 0 Å². The first-order chi connectivity index (χ1) is 9.85. The molecule has 0 spiro atoms. The third-order valence-corrected chi connectivity index (χ3v) is 4.80. The Kier molecular flexibility index (Phi) is 4.91. The molecule has 1 aromatic rings. The van der Waals surface area contributed by atoms with Crippen LogP contribution in [0, 0.1) is 0 Å². The van der Waals surface area contributed by atoms with Gasteiger partial charge in [-0.3, -0.25) is 9.80 Å². The minimum atomic E-state index is 0.204. The van der Waals surface area contributed by atoms with Crippen molar-refractivity contribution < 1.29 is 0 Å². The topological polar surface area (TPSA) is 35.7 Å². The van der Waals surface area contributed by atoms with Crippen molar-refractivity contribution in [3.8, 4) is 0 Å². The Labute approximate surface area is 129 Å². The van der Waals surface area contributed by atoms with Crippen molar-refractivity contribution in [2.24, 2.45) is 5.73 Å². The van der Waals surface area contributed by atoms with Gasteiger partial charge >= 0.3 is 0 Å². The summed E-state index contributed by atoms with van der Waals surface area (Å²) in [5.74, 6) is 0. The zero-order chi connectivity index (χ0) is 15.6. The molecule has 0 aromatic heterocycles. The molecule has 4 nitrogen and oxygen atoms in total. The summed E-state index contributed by atoms with van der Waals surface area (Å²) in [6.45, 7) is 8.52. The number of hydrogen-bond donors (Lipinski definition) is 1. The second kappa shape index (κ2) is 6.34. The lowest BCUT2D eigenvalue weighted by molar-refractivity contribution is 0.0180. The molecule has 118 valence electrons. The molecule has 0 radical (unpaired) electrons. The fourth-order valence-electron chi connectivity index (χ4n) is 3.03. The molecule has 1 heterocycles. The van der Waals surface area contributed by atoms with E-state index in [1.54, 1.807) is 0 Å². The van der Waals surface area contributed by atoms with Crippen molar-refractivity contribution in [3.05, 3.63) is 29.8 Å². The number of benzene rings is 1. The molecule has 1 atom stereocenters. The standard InChI is InChI=1S/C17H30N4/c1-17(2)13-21(11-10-20(17)5)16(12-18)14-6-8-15(9-7-14)19(3)4/h6-9,16H,10-13,18H2,1-5H3. The molecule has 1 saturated heterocycles. The molecule has 2 rings (SSSR count). The highest BCUT2D eigenvalue weighted by atomic mass is 15.3. The van der Waals surface area contributed by atoms with Crippen LogP contribution in [-0.4, -0.2) is 62.7 Å². The second-order valence-corrected chi connectivity index (χ2v) is 6.94. The summed E-state index contributed by atoms with van der Waals surface area (Å²) < 4.78 is 0. The van der Waals surface area contributed by atoms with E-state index < -0.39 is 0 Å². The molecule has 0 amide bonds. The normalized spacial score (nSPS) is 21.2. The summed E-state index contributed by atoms with van der Waals surface area (Å²) in [5.41, 5.74) is 8.85. The van der Waals surface area contributed by atoms with E-state index in [0.29, 0.717) is 12.6 Å². The second-order valence-electron chi connectivity index (χ2n) is 6.94. The number of nitrogens with two attached hydrogens (primary N) is 1. The van der Waals surface area contributed by atoms with Crippen LogP contribution in [0.1, 0.15) is 25.5 Å². The lowest BCUT2D eigenvalue weighted by atomic mass is 9.96. The van der Waals surface area contributed by atoms with Gasteiger partial charge < -0.3 is 10.6 Å². The number of nitrogens with zero attached hydrogens (tertiary/aromatic N) is 3. The fraction of sp³-hybridized carbons (Fsp3) is 0.647. The van der Waals surface area contributed by atoms with Gasteiger partial charge in [-0.15, -0.1) is 0 Å². The molecular formula is C17H30N4. The highest BCUT2D eigenvalue weighted by Crippen LogP contribution is 2.28. The first-order valence-corrected chi connectivity index (χ1v) is 7.78. The summed E-state index contributed by atoms with van der Waals surface area (Å²) >= 11 is 0. The van der Waals surface area contributed by atoms with Crippen LogP contribution in [0.2, 0.25) is 0 Å². The minimum absolute atomic E-state index is 0.204. The first-order valence-electron chi connectivity index (χ1n) is 7.78.